The second kappa shape index (κ2) is 5.16. The maximum atomic E-state index is 12.6. The minimum atomic E-state index is -2.79. The van der Waals surface area contributed by atoms with Crippen LogP contribution in [0.5, 0.6) is 0 Å². The smallest absolute Gasteiger partial charge is 0.340 e. The SMILES string of the molecule is COC(=O)c1c(CBr)ccnc1C(F)F. The number of pyridine rings is 1. The summed E-state index contributed by atoms with van der Waals surface area (Å²) in [6.07, 6.45) is -1.55. The zero-order valence-corrected chi connectivity index (χ0v) is 9.42. The van der Waals surface area contributed by atoms with Gasteiger partial charge in [-0.25, -0.2) is 13.6 Å². The molecule has 0 aliphatic rings. The molecule has 0 spiro atoms. The molecule has 0 aromatic carbocycles. The lowest BCUT2D eigenvalue weighted by Gasteiger charge is -2.09. The Morgan fingerprint density at radius 3 is 2.80 bits per heavy atom. The molecule has 0 aliphatic heterocycles. The van der Waals surface area contributed by atoms with E-state index in [1.807, 2.05) is 0 Å². The second-order valence-electron chi connectivity index (χ2n) is 2.66. The Morgan fingerprint density at radius 2 is 2.33 bits per heavy atom. The van der Waals surface area contributed by atoms with Crippen LogP contribution in [0.1, 0.15) is 28.0 Å². The van der Waals surface area contributed by atoms with Crippen molar-refractivity contribution in [2.45, 2.75) is 11.8 Å². The van der Waals surface area contributed by atoms with E-state index in [-0.39, 0.29) is 5.56 Å². The molecule has 0 fully saturated rings. The highest BCUT2D eigenvalue weighted by atomic mass is 79.9. The van der Waals surface area contributed by atoms with Crippen molar-refractivity contribution in [2.75, 3.05) is 7.11 Å². The van der Waals surface area contributed by atoms with E-state index in [9.17, 15) is 13.6 Å². The summed E-state index contributed by atoms with van der Waals surface area (Å²) in [5, 5.41) is 0.291. The van der Waals surface area contributed by atoms with Gasteiger partial charge in [-0.15, -0.1) is 0 Å². The third-order valence-electron chi connectivity index (χ3n) is 1.81. The minimum Gasteiger partial charge on any atom is -0.465 e. The second-order valence-corrected chi connectivity index (χ2v) is 3.22. The molecule has 1 aromatic rings. The van der Waals surface area contributed by atoms with Crippen LogP contribution in [0.15, 0.2) is 12.3 Å². The number of hydrogen-bond acceptors (Lipinski definition) is 3. The summed E-state index contributed by atoms with van der Waals surface area (Å²) in [6.45, 7) is 0. The highest BCUT2D eigenvalue weighted by Crippen LogP contribution is 2.25. The van der Waals surface area contributed by atoms with Gasteiger partial charge in [0, 0.05) is 11.5 Å². The largest absolute Gasteiger partial charge is 0.465 e. The molecule has 1 aromatic heterocycles. The first-order chi connectivity index (χ1) is 7.11. The highest BCUT2D eigenvalue weighted by molar-refractivity contribution is 9.08. The first kappa shape index (κ1) is 12.0. The lowest BCUT2D eigenvalue weighted by molar-refractivity contribution is 0.0586. The third-order valence-corrected chi connectivity index (χ3v) is 2.41. The van der Waals surface area contributed by atoms with Crippen LogP contribution in [0.3, 0.4) is 0 Å². The van der Waals surface area contributed by atoms with E-state index in [0.29, 0.717) is 10.9 Å². The molecule has 0 N–H and O–H groups in total. The number of nitrogens with zero attached hydrogens (tertiary/aromatic N) is 1. The van der Waals surface area contributed by atoms with Crippen molar-refractivity contribution in [1.29, 1.82) is 0 Å². The van der Waals surface area contributed by atoms with E-state index in [0.717, 1.165) is 7.11 Å². The van der Waals surface area contributed by atoms with Crippen LogP contribution in [0.25, 0.3) is 0 Å². The number of rotatable bonds is 3. The van der Waals surface area contributed by atoms with Gasteiger partial charge in [0.25, 0.3) is 6.43 Å². The molecule has 82 valence electrons. The van der Waals surface area contributed by atoms with Gasteiger partial charge in [-0.1, -0.05) is 15.9 Å². The van der Waals surface area contributed by atoms with Gasteiger partial charge >= 0.3 is 5.97 Å². The highest BCUT2D eigenvalue weighted by Gasteiger charge is 2.23. The molecule has 15 heavy (non-hydrogen) atoms. The molecule has 0 unspecified atom stereocenters. The van der Waals surface area contributed by atoms with Crippen LogP contribution in [0, 0.1) is 0 Å². The van der Waals surface area contributed by atoms with Crippen molar-refractivity contribution in [1.82, 2.24) is 4.98 Å². The maximum absolute atomic E-state index is 12.6. The van der Waals surface area contributed by atoms with Gasteiger partial charge in [0.15, 0.2) is 0 Å². The monoisotopic (exact) mass is 279 g/mol. The quantitative estimate of drug-likeness (QED) is 0.631. The third kappa shape index (κ3) is 2.50. The topological polar surface area (TPSA) is 39.2 Å². The van der Waals surface area contributed by atoms with Gasteiger partial charge in [0.1, 0.15) is 5.69 Å². The van der Waals surface area contributed by atoms with Crippen LogP contribution in [-0.4, -0.2) is 18.1 Å². The fraction of sp³-hybridized carbons (Fsp3) is 0.333. The molecule has 0 saturated carbocycles. The van der Waals surface area contributed by atoms with Crippen molar-refractivity contribution in [3.63, 3.8) is 0 Å². The number of hydrogen-bond donors (Lipinski definition) is 0. The van der Waals surface area contributed by atoms with Crippen LogP contribution in [0.2, 0.25) is 0 Å². The molecule has 3 nitrogen and oxygen atoms in total. The molecular formula is C9H8BrF2NO2. The summed E-state index contributed by atoms with van der Waals surface area (Å²) in [5.74, 6) is -0.798. The van der Waals surface area contributed by atoms with E-state index >= 15 is 0 Å². The van der Waals surface area contributed by atoms with Crippen LogP contribution < -0.4 is 0 Å². The van der Waals surface area contributed by atoms with E-state index in [4.69, 9.17) is 0 Å². The molecule has 1 heterocycles. The number of carbonyl (C=O) groups excluding carboxylic acids is 1. The van der Waals surface area contributed by atoms with Crippen molar-refractivity contribution in [3.05, 3.63) is 29.1 Å². The predicted octanol–water partition coefficient (Wildman–Crippen LogP) is 2.70. The van der Waals surface area contributed by atoms with E-state index in [2.05, 4.69) is 25.7 Å². The summed E-state index contributed by atoms with van der Waals surface area (Å²) in [4.78, 5) is 14.8. The summed E-state index contributed by atoms with van der Waals surface area (Å²) in [6, 6.07) is 1.49. The molecule has 0 radical (unpaired) electrons. The van der Waals surface area contributed by atoms with E-state index in [1.165, 1.54) is 12.3 Å². The van der Waals surface area contributed by atoms with E-state index < -0.39 is 18.1 Å². The lowest BCUT2D eigenvalue weighted by atomic mass is 10.1. The molecule has 0 aliphatic carbocycles. The van der Waals surface area contributed by atoms with Gasteiger partial charge in [0.05, 0.1) is 12.7 Å². The fourth-order valence-corrected chi connectivity index (χ4v) is 1.60. The summed E-state index contributed by atoms with van der Waals surface area (Å²) >= 11 is 3.11. The fourth-order valence-electron chi connectivity index (χ4n) is 1.13. The molecule has 0 atom stereocenters. The van der Waals surface area contributed by atoms with Gasteiger partial charge in [-0.3, -0.25) is 4.98 Å². The first-order valence-electron chi connectivity index (χ1n) is 4.02. The zero-order chi connectivity index (χ0) is 11.4. The normalized spacial score (nSPS) is 10.5. The number of alkyl halides is 3. The Bertz CT molecular complexity index is 371. The van der Waals surface area contributed by atoms with Crippen molar-refractivity contribution in [3.8, 4) is 0 Å². The molecular weight excluding hydrogens is 272 g/mol. The average Bonchev–Trinajstić information content (AvgIpc) is 2.26. The Kier molecular flexibility index (Phi) is 4.14. The predicted molar refractivity (Wildman–Crippen MR) is 53.2 cm³/mol. The summed E-state index contributed by atoms with van der Waals surface area (Å²) in [7, 11) is 1.14. The van der Waals surface area contributed by atoms with Crippen LogP contribution in [-0.2, 0) is 10.1 Å². The van der Waals surface area contributed by atoms with E-state index in [1.54, 1.807) is 0 Å². The Hall–Kier alpha value is -1.04. The minimum absolute atomic E-state index is 0.160. The Labute approximate surface area is 93.6 Å². The number of aromatic nitrogens is 1. The zero-order valence-electron chi connectivity index (χ0n) is 7.84. The number of esters is 1. The lowest BCUT2D eigenvalue weighted by Crippen LogP contribution is -2.11. The number of ether oxygens (including phenoxy) is 1. The number of carbonyl (C=O) groups is 1. The van der Waals surface area contributed by atoms with Gasteiger partial charge < -0.3 is 4.74 Å². The van der Waals surface area contributed by atoms with Crippen LogP contribution >= 0.6 is 15.9 Å². The molecule has 0 amide bonds. The van der Waals surface area contributed by atoms with Crippen molar-refractivity contribution >= 4 is 21.9 Å². The number of methoxy groups -OCH3 is 1. The summed E-state index contributed by atoms with van der Waals surface area (Å²) in [5.41, 5.74) is -0.266. The molecule has 0 saturated heterocycles. The maximum Gasteiger partial charge on any atom is 0.340 e. The van der Waals surface area contributed by atoms with Crippen LogP contribution in [0.4, 0.5) is 8.78 Å². The van der Waals surface area contributed by atoms with Crippen molar-refractivity contribution in [2.24, 2.45) is 0 Å². The van der Waals surface area contributed by atoms with Gasteiger partial charge in [-0.2, -0.15) is 0 Å². The summed E-state index contributed by atoms with van der Waals surface area (Å²) < 4.78 is 29.5. The standard InChI is InChI=1S/C9H8BrF2NO2/c1-15-9(14)6-5(4-10)2-3-13-7(6)8(11)12/h2-3,8H,4H2,1H3. The Morgan fingerprint density at radius 1 is 1.67 bits per heavy atom. The first-order valence-corrected chi connectivity index (χ1v) is 5.14. The van der Waals surface area contributed by atoms with Gasteiger partial charge in [-0.05, 0) is 11.6 Å². The average molecular weight is 280 g/mol. The Balaban J connectivity index is 3.33. The van der Waals surface area contributed by atoms with Crippen molar-refractivity contribution < 1.29 is 18.3 Å². The molecule has 0 bridgehead atoms. The number of halogens is 3. The molecule has 1 rings (SSSR count). The van der Waals surface area contributed by atoms with Gasteiger partial charge in [0.2, 0.25) is 0 Å². The molecule has 6 heteroatoms.